The predicted octanol–water partition coefficient (Wildman–Crippen LogP) is 1.21. The van der Waals surface area contributed by atoms with Gasteiger partial charge in [0.2, 0.25) is 15.9 Å². The van der Waals surface area contributed by atoms with Gasteiger partial charge in [0.15, 0.2) is 0 Å². The third kappa shape index (κ3) is 2.98. The molecule has 1 aliphatic rings. The highest BCUT2D eigenvalue weighted by Gasteiger charge is 2.35. The third-order valence-corrected chi connectivity index (χ3v) is 5.56. The minimum absolute atomic E-state index is 0.105. The summed E-state index contributed by atoms with van der Waals surface area (Å²) in [6, 6.07) is 6.59. The van der Waals surface area contributed by atoms with Crippen molar-refractivity contribution < 1.29 is 13.2 Å². The topological polar surface area (TPSA) is 66.5 Å². The molecule has 1 amide bonds. The van der Waals surface area contributed by atoms with Crippen LogP contribution in [0.3, 0.4) is 0 Å². The zero-order valence-electron chi connectivity index (χ0n) is 10.5. The number of carbonyl (C=O) groups is 1. The van der Waals surface area contributed by atoms with E-state index in [1.165, 1.54) is 4.31 Å². The first-order valence-electron chi connectivity index (χ1n) is 5.92. The first kappa shape index (κ1) is 14.5. The molecule has 104 valence electrons. The standard InChI is InChI=1S/C12H15BrN2O3S/c1-14-12(16)9-5-6-15(8-9)19(17,18)11-4-2-3-10(13)7-11/h2-4,7,9H,5-6,8H2,1H3,(H,14,16). The third-order valence-electron chi connectivity index (χ3n) is 3.20. The lowest BCUT2D eigenvalue weighted by Crippen LogP contribution is -2.33. The largest absolute Gasteiger partial charge is 0.359 e. The van der Waals surface area contributed by atoms with Crippen LogP contribution in [0.5, 0.6) is 0 Å². The van der Waals surface area contributed by atoms with Gasteiger partial charge in [-0.15, -0.1) is 0 Å². The lowest BCUT2D eigenvalue weighted by molar-refractivity contribution is -0.123. The van der Waals surface area contributed by atoms with Crippen LogP contribution in [0.25, 0.3) is 0 Å². The second-order valence-electron chi connectivity index (χ2n) is 4.42. The molecule has 1 N–H and O–H groups in total. The number of hydrogen-bond acceptors (Lipinski definition) is 3. The summed E-state index contributed by atoms with van der Waals surface area (Å²) in [7, 11) is -1.95. The number of benzene rings is 1. The number of nitrogens with one attached hydrogen (secondary N) is 1. The Morgan fingerprint density at radius 1 is 1.47 bits per heavy atom. The Hall–Kier alpha value is -0.920. The van der Waals surface area contributed by atoms with E-state index in [0.717, 1.165) is 4.47 Å². The summed E-state index contributed by atoms with van der Waals surface area (Å²) < 4.78 is 26.9. The van der Waals surface area contributed by atoms with E-state index in [1.54, 1.807) is 31.3 Å². The van der Waals surface area contributed by atoms with E-state index < -0.39 is 10.0 Å². The van der Waals surface area contributed by atoms with Crippen molar-refractivity contribution in [2.45, 2.75) is 11.3 Å². The number of rotatable bonds is 3. The van der Waals surface area contributed by atoms with Crippen LogP contribution < -0.4 is 5.32 Å². The Morgan fingerprint density at radius 3 is 2.84 bits per heavy atom. The molecule has 1 unspecified atom stereocenters. The van der Waals surface area contributed by atoms with Crippen LogP contribution >= 0.6 is 15.9 Å². The number of carbonyl (C=O) groups excluding carboxylic acids is 1. The molecular weight excluding hydrogens is 332 g/mol. The van der Waals surface area contributed by atoms with Gasteiger partial charge in [-0.25, -0.2) is 8.42 Å². The number of nitrogens with zero attached hydrogens (tertiary/aromatic N) is 1. The fourth-order valence-corrected chi connectivity index (χ4v) is 4.24. The molecule has 0 radical (unpaired) electrons. The molecule has 0 bridgehead atoms. The minimum atomic E-state index is -3.51. The van der Waals surface area contributed by atoms with Gasteiger partial charge in [-0.2, -0.15) is 4.31 Å². The number of hydrogen-bond donors (Lipinski definition) is 1. The van der Waals surface area contributed by atoms with Gasteiger partial charge in [0.05, 0.1) is 10.8 Å². The second kappa shape index (κ2) is 5.60. The molecule has 1 aromatic rings. The normalized spacial score (nSPS) is 20.4. The van der Waals surface area contributed by atoms with E-state index in [0.29, 0.717) is 13.0 Å². The van der Waals surface area contributed by atoms with Gasteiger partial charge >= 0.3 is 0 Å². The van der Waals surface area contributed by atoms with E-state index >= 15 is 0 Å². The van der Waals surface area contributed by atoms with Gasteiger partial charge in [0.25, 0.3) is 0 Å². The Kier molecular flexibility index (Phi) is 4.27. The van der Waals surface area contributed by atoms with Crippen LogP contribution in [0.4, 0.5) is 0 Å². The average Bonchev–Trinajstić information content (AvgIpc) is 2.88. The summed E-state index contributed by atoms with van der Waals surface area (Å²) in [5.74, 6) is -0.362. The molecule has 7 heteroatoms. The van der Waals surface area contributed by atoms with Crippen molar-refractivity contribution >= 4 is 31.9 Å². The molecule has 0 aromatic heterocycles. The SMILES string of the molecule is CNC(=O)C1CCN(S(=O)(=O)c2cccc(Br)c2)C1. The molecule has 1 aromatic carbocycles. The molecule has 2 rings (SSSR count). The molecule has 1 fully saturated rings. The molecule has 0 spiro atoms. The van der Waals surface area contributed by atoms with E-state index in [-0.39, 0.29) is 23.3 Å². The Labute approximate surface area is 121 Å². The maximum Gasteiger partial charge on any atom is 0.243 e. The quantitative estimate of drug-likeness (QED) is 0.894. The zero-order valence-corrected chi connectivity index (χ0v) is 12.9. The van der Waals surface area contributed by atoms with Crippen molar-refractivity contribution in [3.05, 3.63) is 28.7 Å². The predicted molar refractivity (Wildman–Crippen MR) is 75.1 cm³/mol. The fourth-order valence-electron chi connectivity index (χ4n) is 2.14. The maximum absolute atomic E-state index is 12.4. The number of amides is 1. The lowest BCUT2D eigenvalue weighted by atomic mass is 10.1. The first-order valence-corrected chi connectivity index (χ1v) is 8.16. The monoisotopic (exact) mass is 346 g/mol. The fraction of sp³-hybridized carbons (Fsp3) is 0.417. The second-order valence-corrected chi connectivity index (χ2v) is 7.27. The highest BCUT2D eigenvalue weighted by Crippen LogP contribution is 2.25. The van der Waals surface area contributed by atoms with Gasteiger partial charge in [-0.1, -0.05) is 22.0 Å². The first-order chi connectivity index (χ1) is 8.95. The van der Waals surface area contributed by atoms with Crippen molar-refractivity contribution in [3.63, 3.8) is 0 Å². The van der Waals surface area contributed by atoms with Crippen LogP contribution in [-0.4, -0.2) is 38.8 Å². The van der Waals surface area contributed by atoms with E-state index in [2.05, 4.69) is 21.2 Å². The Balaban J connectivity index is 2.21. The van der Waals surface area contributed by atoms with Crippen molar-refractivity contribution in [1.29, 1.82) is 0 Å². The van der Waals surface area contributed by atoms with Gasteiger partial charge in [0.1, 0.15) is 0 Å². The maximum atomic E-state index is 12.4. The van der Waals surface area contributed by atoms with Crippen molar-refractivity contribution in [3.8, 4) is 0 Å². The summed E-state index contributed by atoms with van der Waals surface area (Å²) in [5, 5.41) is 2.56. The van der Waals surface area contributed by atoms with E-state index in [9.17, 15) is 13.2 Å². The Morgan fingerprint density at radius 2 is 2.21 bits per heavy atom. The summed E-state index contributed by atoms with van der Waals surface area (Å²) in [5.41, 5.74) is 0. The summed E-state index contributed by atoms with van der Waals surface area (Å²) in [6.07, 6.45) is 0.562. The Bertz CT molecular complexity index is 588. The lowest BCUT2D eigenvalue weighted by Gasteiger charge is -2.16. The number of halogens is 1. The summed E-state index contributed by atoms with van der Waals surface area (Å²) >= 11 is 3.26. The molecule has 0 saturated carbocycles. The molecule has 1 aliphatic heterocycles. The van der Waals surface area contributed by atoms with Gasteiger partial charge < -0.3 is 5.32 Å². The van der Waals surface area contributed by atoms with Crippen molar-refractivity contribution in [2.75, 3.05) is 20.1 Å². The van der Waals surface area contributed by atoms with Crippen LogP contribution in [0.15, 0.2) is 33.6 Å². The zero-order chi connectivity index (χ0) is 14.0. The molecule has 1 saturated heterocycles. The average molecular weight is 347 g/mol. The molecule has 5 nitrogen and oxygen atoms in total. The molecular formula is C12H15BrN2O3S. The van der Waals surface area contributed by atoms with Gasteiger partial charge in [-0.05, 0) is 24.6 Å². The van der Waals surface area contributed by atoms with Gasteiger partial charge in [-0.3, -0.25) is 4.79 Å². The minimum Gasteiger partial charge on any atom is -0.359 e. The highest BCUT2D eigenvalue weighted by molar-refractivity contribution is 9.10. The van der Waals surface area contributed by atoms with E-state index in [1.807, 2.05) is 0 Å². The smallest absolute Gasteiger partial charge is 0.243 e. The summed E-state index contributed by atoms with van der Waals surface area (Å²) in [4.78, 5) is 11.8. The molecule has 0 aliphatic carbocycles. The van der Waals surface area contributed by atoms with Crippen molar-refractivity contribution in [2.24, 2.45) is 5.92 Å². The van der Waals surface area contributed by atoms with Gasteiger partial charge in [0, 0.05) is 24.6 Å². The summed E-state index contributed by atoms with van der Waals surface area (Å²) in [6.45, 7) is 0.626. The highest BCUT2D eigenvalue weighted by atomic mass is 79.9. The van der Waals surface area contributed by atoms with Crippen LogP contribution in [0, 0.1) is 5.92 Å². The van der Waals surface area contributed by atoms with Crippen LogP contribution in [0.1, 0.15) is 6.42 Å². The molecule has 19 heavy (non-hydrogen) atoms. The van der Waals surface area contributed by atoms with Crippen LogP contribution in [0.2, 0.25) is 0 Å². The van der Waals surface area contributed by atoms with Crippen LogP contribution in [-0.2, 0) is 14.8 Å². The molecule has 1 heterocycles. The van der Waals surface area contributed by atoms with E-state index in [4.69, 9.17) is 0 Å². The number of sulfonamides is 1. The molecule has 1 atom stereocenters. The van der Waals surface area contributed by atoms with Crippen molar-refractivity contribution in [1.82, 2.24) is 9.62 Å².